The lowest BCUT2D eigenvalue weighted by molar-refractivity contribution is -0.144. The molecule has 0 aliphatic carbocycles. The van der Waals surface area contributed by atoms with E-state index >= 15 is 0 Å². The Morgan fingerprint density at radius 1 is 0.609 bits per heavy atom. The maximum atomic E-state index is 12.6. The summed E-state index contributed by atoms with van der Waals surface area (Å²) in [6.45, 7) is 13.5. The molecule has 0 fully saturated rings. The van der Waals surface area contributed by atoms with Gasteiger partial charge in [-0.3, -0.25) is 9.59 Å². The number of rotatable bonds is 12. The van der Waals surface area contributed by atoms with E-state index in [1.165, 1.54) is 0 Å². The molecule has 0 saturated heterocycles. The van der Waals surface area contributed by atoms with Crippen molar-refractivity contribution >= 4 is 36.2 Å². The summed E-state index contributed by atoms with van der Waals surface area (Å²) >= 11 is 0. The molecule has 244 valence electrons. The predicted molar refractivity (Wildman–Crippen MR) is 183 cm³/mol. The second-order valence-electron chi connectivity index (χ2n) is 12.5. The fourth-order valence-electron chi connectivity index (χ4n) is 6.05. The Balaban J connectivity index is 1.65. The summed E-state index contributed by atoms with van der Waals surface area (Å²) in [6, 6.07) is 4.31. The van der Waals surface area contributed by atoms with Crippen LogP contribution in [0, 0.1) is 27.7 Å². The molecule has 0 unspecified atom stereocenters. The number of aromatic amines is 4. The Kier molecular flexibility index (Phi) is 10.6. The van der Waals surface area contributed by atoms with Crippen molar-refractivity contribution in [2.45, 2.75) is 92.9 Å². The van der Waals surface area contributed by atoms with Crippen LogP contribution in [0.2, 0.25) is 0 Å². The first-order valence-corrected chi connectivity index (χ1v) is 16.7. The van der Waals surface area contributed by atoms with Crippen LogP contribution in [-0.4, -0.2) is 45.1 Å². The zero-order valence-corrected chi connectivity index (χ0v) is 28.2. The molecule has 0 saturated carbocycles. The van der Waals surface area contributed by atoms with Crippen LogP contribution in [0.1, 0.15) is 109 Å². The van der Waals surface area contributed by atoms with Crippen molar-refractivity contribution in [2.24, 2.45) is 0 Å². The second kappa shape index (κ2) is 14.8. The van der Waals surface area contributed by atoms with Gasteiger partial charge in [0.25, 0.3) is 0 Å². The Labute approximate surface area is 270 Å². The molecular formula is C38H48N4O4. The van der Waals surface area contributed by atoms with Gasteiger partial charge in [0.15, 0.2) is 0 Å². The van der Waals surface area contributed by atoms with Crippen LogP contribution in [0.5, 0.6) is 0 Å². The van der Waals surface area contributed by atoms with Gasteiger partial charge >= 0.3 is 11.9 Å². The highest BCUT2D eigenvalue weighted by Gasteiger charge is 2.17. The van der Waals surface area contributed by atoms with Gasteiger partial charge in [-0.25, -0.2) is 0 Å². The molecule has 0 atom stereocenters. The molecule has 0 aromatic carbocycles. The fourth-order valence-corrected chi connectivity index (χ4v) is 6.05. The number of carbonyl (C=O) groups excluding carboxylic acids is 2. The Morgan fingerprint density at radius 3 is 1.93 bits per heavy atom. The molecule has 0 radical (unpaired) electrons. The molecule has 8 bridgehead atoms. The summed E-state index contributed by atoms with van der Waals surface area (Å²) in [7, 11) is 0. The van der Waals surface area contributed by atoms with Crippen LogP contribution in [0.15, 0.2) is 12.1 Å². The highest BCUT2D eigenvalue weighted by molar-refractivity contribution is 5.71. The molecule has 46 heavy (non-hydrogen) atoms. The molecule has 4 aromatic rings. The van der Waals surface area contributed by atoms with E-state index in [9.17, 15) is 9.59 Å². The predicted octanol–water partition coefficient (Wildman–Crippen LogP) is 4.41. The smallest absolute Gasteiger partial charge is 0.306 e. The highest BCUT2D eigenvalue weighted by Crippen LogP contribution is 2.22. The minimum atomic E-state index is -0.181. The number of H-pyrrole nitrogens is 4. The Morgan fingerprint density at radius 2 is 1.26 bits per heavy atom. The molecule has 0 amide bonds. The first kappa shape index (κ1) is 32.9. The summed E-state index contributed by atoms with van der Waals surface area (Å²) in [5, 5.41) is 3.96. The van der Waals surface area contributed by atoms with Crippen LogP contribution < -0.4 is 21.4 Å². The lowest BCUT2D eigenvalue weighted by Crippen LogP contribution is -2.14. The maximum absolute atomic E-state index is 12.6. The molecule has 4 N–H and O–H groups in total. The molecule has 8 nitrogen and oxygen atoms in total. The largest absolute Gasteiger partial charge is 0.466 e. The van der Waals surface area contributed by atoms with Crippen LogP contribution in [0.3, 0.4) is 0 Å². The third-order valence-electron chi connectivity index (χ3n) is 8.91. The van der Waals surface area contributed by atoms with Gasteiger partial charge in [-0.1, -0.05) is 26.7 Å². The summed E-state index contributed by atoms with van der Waals surface area (Å²) < 4.78 is 11.0. The molecule has 8 heteroatoms. The molecule has 1 aliphatic heterocycles. The SMILES string of the molecule is CCCCOC(=O)CCc1c2[nH]c(c1C)C=c1[nH]c(cc1C)=Cc1[nH]c(cc1C)C=c1[nH]c(c(CCC(=O)OCCCC)c1C)=C2. The summed E-state index contributed by atoms with van der Waals surface area (Å²) in [4.78, 5) is 39.7. The summed E-state index contributed by atoms with van der Waals surface area (Å²) in [5.74, 6) is -0.362. The lowest BCUT2D eigenvalue weighted by Gasteiger charge is -2.06. The van der Waals surface area contributed by atoms with Crippen LogP contribution in [0.25, 0.3) is 24.3 Å². The number of hydrogen-bond donors (Lipinski definition) is 4. The minimum absolute atomic E-state index is 0.181. The van der Waals surface area contributed by atoms with Gasteiger partial charge in [-0.2, -0.15) is 0 Å². The first-order valence-electron chi connectivity index (χ1n) is 16.7. The van der Waals surface area contributed by atoms with Crippen LogP contribution in [-0.2, 0) is 31.9 Å². The zero-order valence-electron chi connectivity index (χ0n) is 28.2. The number of hydrogen-bond acceptors (Lipinski definition) is 4. The van der Waals surface area contributed by atoms with E-state index in [1.54, 1.807) is 0 Å². The fraction of sp³-hybridized carbons (Fsp3) is 0.421. The maximum Gasteiger partial charge on any atom is 0.306 e. The van der Waals surface area contributed by atoms with Crippen molar-refractivity contribution in [2.75, 3.05) is 13.2 Å². The molecule has 4 aromatic heterocycles. The van der Waals surface area contributed by atoms with Crippen LogP contribution >= 0.6 is 0 Å². The molecule has 0 spiro atoms. The summed E-state index contributed by atoms with van der Waals surface area (Å²) in [5.41, 5.74) is 10.6. The van der Waals surface area contributed by atoms with E-state index in [0.717, 1.165) is 103 Å². The topological polar surface area (TPSA) is 116 Å². The zero-order chi connectivity index (χ0) is 32.8. The number of carbonyl (C=O) groups is 2. The average Bonchev–Trinajstić information content (AvgIpc) is 3.71. The van der Waals surface area contributed by atoms with E-state index in [1.807, 2.05) is 0 Å². The molecule has 1 aliphatic rings. The number of fused-ring (bicyclic) bond motifs is 8. The van der Waals surface area contributed by atoms with Gasteiger partial charge in [-0.05, 0) is 123 Å². The van der Waals surface area contributed by atoms with Crippen molar-refractivity contribution in [3.63, 3.8) is 0 Å². The standard InChI is InChI=1S/C38H48N4O4/c1-7-9-15-45-37(43)13-11-29-25(5)33-20-28-17-23(3)31(39-28)19-27-18-24(4)32(40-27)21-34-26(6)30(36(42-34)22-35(29)41-33)12-14-38(44)46-16-10-8-2/h17-22,39-42H,7-16H2,1-6H3. The number of ether oxygens (including phenoxy) is 2. The van der Waals surface area contributed by atoms with Gasteiger partial charge < -0.3 is 29.4 Å². The van der Waals surface area contributed by atoms with E-state index in [4.69, 9.17) is 9.47 Å². The van der Waals surface area contributed by atoms with Gasteiger partial charge in [0.05, 0.1) is 13.2 Å². The number of unbranched alkanes of at least 4 members (excludes halogenated alkanes) is 2. The number of aromatic nitrogens is 4. The van der Waals surface area contributed by atoms with E-state index in [2.05, 4.69) is 97.9 Å². The minimum Gasteiger partial charge on any atom is -0.466 e. The third-order valence-corrected chi connectivity index (χ3v) is 8.91. The van der Waals surface area contributed by atoms with Gasteiger partial charge in [0.1, 0.15) is 0 Å². The monoisotopic (exact) mass is 624 g/mol. The van der Waals surface area contributed by atoms with Gasteiger partial charge in [0.2, 0.25) is 0 Å². The van der Waals surface area contributed by atoms with Crippen molar-refractivity contribution in [3.8, 4) is 0 Å². The highest BCUT2D eigenvalue weighted by atomic mass is 16.5. The Hall–Kier alpha value is -4.46. The number of esters is 2. The van der Waals surface area contributed by atoms with Crippen LogP contribution in [0.4, 0.5) is 0 Å². The quantitative estimate of drug-likeness (QED) is 0.122. The van der Waals surface area contributed by atoms with E-state index in [0.29, 0.717) is 38.9 Å². The number of nitrogens with one attached hydrogen (secondary N) is 4. The normalized spacial score (nSPS) is 12.1. The van der Waals surface area contributed by atoms with E-state index in [-0.39, 0.29) is 11.9 Å². The molecule has 5 rings (SSSR count). The first-order chi connectivity index (χ1) is 22.2. The van der Waals surface area contributed by atoms with Crippen molar-refractivity contribution in [3.05, 3.63) is 89.7 Å². The number of aryl methyl sites for hydroxylation is 2. The average molecular weight is 625 g/mol. The van der Waals surface area contributed by atoms with Crippen molar-refractivity contribution in [1.82, 2.24) is 19.9 Å². The van der Waals surface area contributed by atoms with Crippen molar-refractivity contribution < 1.29 is 19.1 Å². The Bertz CT molecular complexity index is 1960. The third kappa shape index (κ3) is 7.66. The second-order valence-corrected chi connectivity index (χ2v) is 12.5. The summed E-state index contributed by atoms with van der Waals surface area (Å²) in [6.07, 6.45) is 14.0. The van der Waals surface area contributed by atoms with E-state index < -0.39 is 0 Å². The molecule has 5 heterocycles. The van der Waals surface area contributed by atoms with Crippen molar-refractivity contribution in [1.29, 1.82) is 0 Å². The lowest BCUT2D eigenvalue weighted by atomic mass is 10.0. The van der Waals surface area contributed by atoms with Gasteiger partial charge in [-0.15, -0.1) is 0 Å². The molecular weight excluding hydrogens is 576 g/mol. The van der Waals surface area contributed by atoms with Gasteiger partial charge in [0, 0.05) is 57.0 Å².